The molecule has 1 aliphatic rings. The number of hydrogen-bond acceptors (Lipinski definition) is 7. The number of fused-ring (bicyclic) bond motifs is 6. The Morgan fingerprint density at radius 3 is 2.53 bits per heavy atom. The van der Waals surface area contributed by atoms with Crippen molar-refractivity contribution in [2.75, 3.05) is 37.7 Å². The molecule has 45 heavy (non-hydrogen) atoms. The van der Waals surface area contributed by atoms with Crippen LogP contribution in [0, 0.1) is 5.82 Å². The molecule has 2 aromatic carbocycles. The fourth-order valence-electron chi connectivity index (χ4n) is 5.85. The van der Waals surface area contributed by atoms with Gasteiger partial charge in [-0.25, -0.2) is 27.2 Å². The third kappa shape index (κ3) is 4.46. The number of halogens is 2. The molecular weight excluding hydrogens is 606 g/mol. The number of furan rings is 1. The number of nitrogens with zero attached hydrogens (tertiary/aromatic N) is 5. The van der Waals surface area contributed by atoms with Gasteiger partial charge < -0.3 is 14.6 Å². The average molecular weight is 633 g/mol. The van der Waals surface area contributed by atoms with Crippen LogP contribution in [-0.4, -0.2) is 78.6 Å². The summed E-state index contributed by atoms with van der Waals surface area (Å²) >= 11 is 0. The monoisotopic (exact) mass is 632 g/mol. The Labute approximate surface area is 255 Å². The van der Waals surface area contributed by atoms with Crippen molar-refractivity contribution in [2.45, 2.75) is 12.6 Å². The predicted octanol–water partition coefficient (Wildman–Crippen LogP) is 4.53. The molecule has 4 aromatic heterocycles. The van der Waals surface area contributed by atoms with Crippen LogP contribution in [0.25, 0.3) is 49.7 Å². The van der Waals surface area contributed by atoms with Crippen molar-refractivity contribution in [3.63, 3.8) is 0 Å². The zero-order valence-electron chi connectivity index (χ0n) is 24.6. The molecule has 0 aliphatic carbocycles. The minimum atomic E-state index is -3.81. The molecule has 1 aliphatic heterocycles. The van der Waals surface area contributed by atoms with Crippen LogP contribution in [0.4, 0.5) is 14.5 Å². The normalized spacial score (nSPS) is 14.8. The van der Waals surface area contributed by atoms with Gasteiger partial charge in [-0.1, -0.05) is 6.07 Å². The molecule has 6 aromatic rings. The van der Waals surface area contributed by atoms with Gasteiger partial charge in [0.15, 0.2) is 0 Å². The molecule has 1 N–H and O–H groups in total. The van der Waals surface area contributed by atoms with E-state index in [9.17, 15) is 26.8 Å². The van der Waals surface area contributed by atoms with E-state index in [4.69, 9.17) is 9.40 Å². The molecule has 1 fully saturated rings. The first-order valence-electron chi connectivity index (χ1n) is 13.9. The van der Waals surface area contributed by atoms with Crippen molar-refractivity contribution in [1.29, 1.82) is 0 Å². The number of hydrogen-bond donors (Lipinski definition) is 1. The minimum Gasteiger partial charge on any atom is -0.450 e. The minimum absolute atomic E-state index is 0.0714. The van der Waals surface area contributed by atoms with Crippen molar-refractivity contribution >= 4 is 65.9 Å². The van der Waals surface area contributed by atoms with Gasteiger partial charge in [0.25, 0.3) is 11.8 Å². The smallest absolute Gasteiger partial charge is 0.290 e. The van der Waals surface area contributed by atoms with E-state index in [-0.39, 0.29) is 41.1 Å². The summed E-state index contributed by atoms with van der Waals surface area (Å²) in [6.07, 6.45) is 2.62. The summed E-state index contributed by atoms with van der Waals surface area (Å²) < 4.78 is 63.1. The maximum Gasteiger partial charge on any atom is 0.290 e. The molecule has 1 saturated heterocycles. The SMILES string of the molecule is CNC(=O)c1c(C(=O)N2CC(C)(F)C2)oc2cc(N(C)S(C)(=O)=O)c(-c3ccc4ncn5c6cccc(F)c6cc5c4n3)cc12. The molecule has 2 amide bonds. The fraction of sp³-hybridized carbons (Fsp3) is 0.226. The summed E-state index contributed by atoms with van der Waals surface area (Å²) in [6.45, 7) is 1.05. The molecule has 14 heteroatoms. The Balaban J connectivity index is 1.49. The van der Waals surface area contributed by atoms with Gasteiger partial charge in [0, 0.05) is 36.5 Å². The Bertz CT molecular complexity index is 2360. The highest BCUT2D eigenvalue weighted by atomic mass is 32.2. The predicted molar refractivity (Wildman–Crippen MR) is 165 cm³/mol. The Kier molecular flexibility index (Phi) is 6.17. The lowest BCUT2D eigenvalue weighted by atomic mass is 9.97. The zero-order chi connectivity index (χ0) is 32.0. The van der Waals surface area contributed by atoms with Crippen LogP contribution in [0.3, 0.4) is 0 Å². The number of benzene rings is 2. The molecule has 0 bridgehead atoms. The van der Waals surface area contributed by atoms with E-state index >= 15 is 0 Å². The number of amides is 2. The van der Waals surface area contributed by atoms with Gasteiger partial charge in [-0.15, -0.1) is 0 Å². The number of carbonyl (C=O) groups excluding carboxylic acids is 2. The van der Waals surface area contributed by atoms with Gasteiger partial charge in [0.2, 0.25) is 15.8 Å². The second kappa shape index (κ2) is 9.69. The highest BCUT2D eigenvalue weighted by molar-refractivity contribution is 7.92. The third-order valence-electron chi connectivity index (χ3n) is 8.15. The number of alkyl halides is 1. The Hall–Kier alpha value is -5.11. The molecule has 0 unspecified atom stereocenters. The first-order valence-corrected chi connectivity index (χ1v) is 15.7. The zero-order valence-corrected chi connectivity index (χ0v) is 25.4. The molecule has 5 heterocycles. The van der Waals surface area contributed by atoms with Crippen LogP contribution in [0.5, 0.6) is 0 Å². The van der Waals surface area contributed by atoms with Crippen molar-refractivity contribution in [3.8, 4) is 11.3 Å². The van der Waals surface area contributed by atoms with Gasteiger partial charge in [-0.2, -0.15) is 0 Å². The molecule has 11 nitrogen and oxygen atoms in total. The van der Waals surface area contributed by atoms with Crippen LogP contribution < -0.4 is 9.62 Å². The largest absolute Gasteiger partial charge is 0.450 e. The number of aromatic nitrogens is 3. The fourth-order valence-corrected chi connectivity index (χ4v) is 6.36. The van der Waals surface area contributed by atoms with Crippen LogP contribution in [0.1, 0.15) is 27.8 Å². The maximum atomic E-state index is 14.7. The van der Waals surface area contributed by atoms with E-state index in [1.807, 2.05) is 0 Å². The van der Waals surface area contributed by atoms with Crippen LogP contribution >= 0.6 is 0 Å². The quantitative estimate of drug-likeness (QED) is 0.296. The lowest BCUT2D eigenvalue weighted by Gasteiger charge is -2.41. The van der Waals surface area contributed by atoms with E-state index in [0.29, 0.717) is 38.7 Å². The second-order valence-electron chi connectivity index (χ2n) is 11.4. The Morgan fingerprint density at radius 1 is 1.09 bits per heavy atom. The Morgan fingerprint density at radius 2 is 1.84 bits per heavy atom. The van der Waals surface area contributed by atoms with Crippen molar-refractivity contribution in [1.82, 2.24) is 24.6 Å². The van der Waals surface area contributed by atoms with Crippen LogP contribution in [0.15, 0.2) is 59.3 Å². The molecule has 0 radical (unpaired) electrons. The number of rotatable bonds is 5. The van der Waals surface area contributed by atoms with E-state index in [0.717, 1.165) is 10.6 Å². The van der Waals surface area contributed by atoms with Crippen molar-refractivity contribution < 1.29 is 31.2 Å². The lowest BCUT2D eigenvalue weighted by Crippen LogP contribution is -2.59. The van der Waals surface area contributed by atoms with Crippen LogP contribution in [0.2, 0.25) is 0 Å². The summed E-state index contributed by atoms with van der Waals surface area (Å²) in [6, 6.07) is 12.7. The average Bonchev–Trinajstić information content (AvgIpc) is 3.57. The third-order valence-corrected chi connectivity index (χ3v) is 9.35. The number of pyridine rings is 1. The van der Waals surface area contributed by atoms with Gasteiger partial charge >= 0.3 is 0 Å². The molecule has 0 saturated carbocycles. The van der Waals surface area contributed by atoms with Gasteiger partial charge in [0.1, 0.15) is 28.9 Å². The second-order valence-corrected chi connectivity index (χ2v) is 13.5. The summed E-state index contributed by atoms with van der Waals surface area (Å²) in [5.74, 6) is -1.96. The number of sulfonamides is 1. The molecular formula is C31H26F2N6O5S. The number of carbonyl (C=O) groups is 2. The molecule has 0 atom stereocenters. The summed E-state index contributed by atoms with van der Waals surface area (Å²) in [4.78, 5) is 37.1. The van der Waals surface area contributed by atoms with Crippen LogP contribution in [-0.2, 0) is 10.0 Å². The first kappa shape index (κ1) is 28.6. The number of likely N-dealkylation sites (tertiary alicyclic amines) is 1. The van der Waals surface area contributed by atoms with Crippen molar-refractivity contribution in [3.05, 3.63) is 72.0 Å². The molecule has 7 rings (SSSR count). The molecule has 230 valence electrons. The van der Waals surface area contributed by atoms with E-state index in [1.165, 1.54) is 38.1 Å². The van der Waals surface area contributed by atoms with E-state index < -0.39 is 33.3 Å². The van der Waals surface area contributed by atoms with E-state index in [2.05, 4.69) is 10.3 Å². The van der Waals surface area contributed by atoms with E-state index in [1.54, 1.807) is 47.1 Å². The lowest BCUT2D eigenvalue weighted by molar-refractivity contribution is -0.00965. The highest BCUT2D eigenvalue weighted by Crippen LogP contribution is 2.40. The van der Waals surface area contributed by atoms with Gasteiger partial charge in [-0.05, 0) is 43.3 Å². The summed E-state index contributed by atoms with van der Waals surface area (Å²) in [7, 11) is -1.04. The highest BCUT2D eigenvalue weighted by Gasteiger charge is 2.44. The number of anilines is 1. The summed E-state index contributed by atoms with van der Waals surface area (Å²) in [5.41, 5.74) is 1.39. The molecule has 0 spiro atoms. The topological polar surface area (TPSA) is 130 Å². The maximum absolute atomic E-state index is 14.7. The standard InChI is InChI=1S/C31H26F2N6O5S/c1-31(33)13-38(14-31)30(41)28-26(29(40)34-2)18-10-17(23(12-25(18)44-28)37(3)45(4,42)43)20-8-9-21-27(36-20)24-11-16-19(32)6-5-7-22(16)39(24)15-35-21/h5-12,15H,13-14H2,1-4H3,(H,34,40). The van der Waals surface area contributed by atoms with Crippen molar-refractivity contribution in [2.24, 2.45) is 0 Å². The van der Waals surface area contributed by atoms with Gasteiger partial charge in [-0.3, -0.25) is 18.3 Å². The number of nitrogens with one attached hydrogen (secondary N) is 1. The first-order chi connectivity index (χ1) is 21.3. The van der Waals surface area contributed by atoms with Gasteiger partial charge in [0.05, 0.1) is 52.8 Å². The summed E-state index contributed by atoms with van der Waals surface area (Å²) in [5, 5.41) is 3.14.